The minimum Gasteiger partial charge on any atom is -0.454 e. The summed E-state index contributed by atoms with van der Waals surface area (Å²) in [6.07, 6.45) is 0. The van der Waals surface area contributed by atoms with Gasteiger partial charge < -0.3 is 4.74 Å². The average molecular weight is 400 g/mol. The Morgan fingerprint density at radius 3 is 2.29 bits per heavy atom. The van der Waals surface area contributed by atoms with E-state index in [9.17, 15) is 19.2 Å². The number of esters is 1. The first kappa shape index (κ1) is 19.8. The molecule has 1 aliphatic heterocycles. The van der Waals surface area contributed by atoms with Gasteiger partial charge >= 0.3 is 5.97 Å². The number of fused-ring (bicyclic) bond motifs is 1. The van der Waals surface area contributed by atoms with E-state index in [4.69, 9.17) is 16.3 Å². The Labute approximate surface area is 167 Å². The van der Waals surface area contributed by atoms with Gasteiger partial charge in [0, 0.05) is 5.41 Å². The van der Waals surface area contributed by atoms with Crippen molar-refractivity contribution >= 4 is 40.9 Å². The van der Waals surface area contributed by atoms with Crippen molar-refractivity contribution in [2.24, 2.45) is 5.41 Å². The largest absolute Gasteiger partial charge is 0.454 e. The van der Waals surface area contributed by atoms with Crippen LogP contribution in [0.3, 0.4) is 0 Å². The van der Waals surface area contributed by atoms with Gasteiger partial charge in [0.25, 0.3) is 11.8 Å². The third kappa shape index (κ3) is 3.55. The molecule has 28 heavy (non-hydrogen) atoms. The van der Waals surface area contributed by atoms with Gasteiger partial charge in [0.05, 0.1) is 27.4 Å². The number of hydrogen-bond acceptors (Lipinski definition) is 5. The summed E-state index contributed by atoms with van der Waals surface area (Å²) in [5.74, 6) is -2.06. The van der Waals surface area contributed by atoms with Crippen molar-refractivity contribution in [1.82, 2.24) is 0 Å². The van der Waals surface area contributed by atoms with Gasteiger partial charge in [-0.25, -0.2) is 9.69 Å². The summed E-state index contributed by atoms with van der Waals surface area (Å²) >= 11 is 6.11. The number of carbonyl (C=O) groups is 4. The fourth-order valence-electron chi connectivity index (χ4n) is 2.65. The number of Topliss-reactive ketones (excluding diaryl/α,β-unsaturated/α-hetero) is 1. The van der Waals surface area contributed by atoms with Crippen LogP contribution in [0.15, 0.2) is 42.5 Å². The first-order chi connectivity index (χ1) is 13.1. The van der Waals surface area contributed by atoms with Gasteiger partial charge in [-0.2, -0.15) is 0 Å². The van der Waals surface area contributed by atoms with Crippen LogP contribution < -0.4 is 4.90 Å². The van der Waals surface area contributed by atoms with Crippen molar-refractivity contribution in [3.05, 3.63) is 64.2 Å². The van der Waals surface area contributed by atoms with Crippen molar-refractivity contribution in [2.45, 2.75) is 20.8 Å². The van der Waals surface area contributed by atoms with Crippen LogP contribution in [0.25, 0.3) is 0 Å². The number of rotatable bonds is 4. The highest BCUT2D eigenvalue weighted by atomic mass is 35.5. The molecule has 6 nitrogen and oxygen atoms in total. The van der Waals surface area contributed by atoms with E-state index < -0.39 is 23.2 Å². The third-order valence-corrected chi connectivity index (χ3v) is 4.71. The van der Waals surface area contributed by atoms with Gasteiger partial charge in [-0.3, -0.25) is 14.4 Å². The summed E-state index contributed by atoms with van der Waals surface area (Å²) < 4.78 is 5.05. The number of halogens is 1. The average Bonchev–Trinajstić information content (AvgIpc) is 2.89. The lowest BCUT2D eigenvalue weighted by Crippen LogP contribution is -2.29. The lowest BCUT2D eigenvalue weighted by Gasteiger charge is -2.16. The molecule has 2 amide bonds. The number of anilines is 1. The molecule has 2 aromatic rings. The topological polar surface area (TPSA) is 80.8 Å². The van der Waals surface area contributed by atoms with E-state index in [1.807, 2.05) is 0 Å². The van der Waals surface area contributed by atoms with Crippen LogP contribution in [0.1, 0.15) is 51.8 Å². The van der Waals surface area contributed by atoms with Crippen molar-refractivity contribution in [3.63, 3.8) is 0 Å². The van der Waals surface area contributed by atoms with Gasteiger partial charge in [-0.1, -0.05) is 44.5 Å². The summed E-state index contributed by atoms with van der Waals surface area (Å²) in [6, 6.07) is 10.6. The maximum Gasteiger partial charge on any atom is 0.338 e. The van der Waals surface area contributed by atoms with Crippen LogP contribution >= 0.6 is 11.6 Å². The molecule has 7 heteroatoms. The minimum absolute atomic E-state index is 0.0847. The van der Waals surface area contributed by atoms with Gasteiger partial charge in [-0.05, 0) is 30.3 Å². The molecule has 2 aromatic carbocycles. The Morgan fingerprint density at radius 1 is 1.00 bits per heavy atom. The quantitative estimate of drug-likeness (QED) is 0.575. The molecule has 1 heterocycles. The number of nitrogens with zero attached hydrogens (tertiary/aromatic N) is 1. The molecule has 0 spiro atoms. The number of ketones is 1. The van der Waals surface area contributed by atoms with Crippen LogP contribution in [-0.4, -0.2) is 30.2 Å². The molecule has 144 valence electrons. The summed E-state index contributed by atoms with van der Waals surface area (Å²) in [5, 5.41) is 0.261. The molecule has 0 atom stereocenters. The third-order valence-electron chi connectivity index (χ3n) is 4.39. The molecule has 1 aliphatic rings. The second-order valence-electron chi connectivity index (χ2n) is 7.41. The first-order valence-corrected chi connectivity index (χ1v) is 8.97. The van der Waals surface area contributed by atoms with E-state index in [0.29, 0.717) is 0 Å². The van der Waals surface area contributed by atoms with E-state index in [1.165, 1.54) is 18.2 Å². The van der Waals surface area contributed by atoms with Crippen LogP contribution in [0.4, 0.5) is 5.69 Å². The second-order valence-corrected chi connectivity index (χ2v) is 7.81. The van der Waals surface area contributed by atoms with E-state index in [-0.39, 0.29) is 39.8 Å². The summed E-state index contributed by atoms with van der Waals surface area (Å²) in [7, 11) is 0. The van der Waals surface area contributed by atoms with Gasteiger partial charge in [0.1, 0.15) is 0 Å². The SMILES string of the molecule is CC(C)(C)C(=O)COC(=O)c1ccc2c(c1)C(=O)N(c1ccccc1Cl)C2=O. The zero-order valence-electron chi connectivity index (χ0n) is 15.6. The van der Waals surface area contributed by atoms with Crippen LogP contribution in [0, 0.1) is 5.41 Å². The Bertz CT molecular complexity index is 1010. The Kier molecular flexibility index (Phi) is 5.08. The molecule has 0 saturated carbocycles. The molecule has 0 saturated heterocycles. The van der Waals surface area contributed by atoms with Crippen LogP contribution in [0.2, 0.25) is 5.02 Å². The zero-order valence-corrected chi connectivity index (χ0v) is 16.4. The lowest BCUT2D eigenvalue weighted by atomic mass is 9.91. The van der Waals surface area contributed by atoms with Crippen molar-refractivity contribution in [2.75, 3.05) is 11.5 Å². The predicted octanol–water partition coefficient (Wildman–Crippen LogP) is 3.91. The predicted molar refractivity (Wildman–Crippen MR) is 104 cm³/mol. The second kappa shape index (κ2) is 7.20. The highest BCUT2D eigenvalue weighted by molar-refractivity contribution is 6.39. The lowest BCUT2D eigenvalue weighted by molar-refractivity contribution is -0.129. The molecule has 0 unspecified atom stereocenters. The van der Waals surface area contributed by atoms with Crippen molar-refractivity contribution in [3.8, 4) is 0 Å². The summed E-state index contributed by atoms with van der Waals surface area (Å²) in [4.78, 5) is 50.6. The molecule has 0 bridgehead atoms. The van der Waals surface area contributed by atoms with E-state index in [1.54, 1.807) is 45.0 Å². The maximum absolute atomic E-state index is 12.8. The molecule has 0 N–H and O–H groups in total. The van der Waals surface area contributed by atoms with Crippen LogP contribution in [-0.2, 0) is 9.53 Å². The highest BCUT2D eigenvalue weighted by Gasteiger charge is 2.38. The molecular formula is C21H18ClNO5. The number of imide groups is 1. The molecule has 0 radical (unpaired) electrons. The standard InChI is InChI=1S/C21H18ClNO5/c1-21(2,3)17(24)11-28-20(27)12-8-9-13-14(10-12)19(26)23(18(13)25)16-7-5-4-6-15(16)22/h4-10H,11H2,1-3H3. The molecule has 0 aromatic heterocycles. The highest BCUT2D eigenvalue weighted by Crippen LogP contribution is 2.33. The summed E-state index contributed by atoms with van der Waals surface area (Å²) in [6.45, 7) is 4.82. The number of para-hydroxylation sites is 1. The van der Waals surface area contributed by atoms with E-state index in [0.717, 1.165) is 4.90 Å². The number of amides is 2. The number of benzene rings is 2. The fraction of sp³-hybridized carbons (Fsp3) is 0.238. The molecule has 3 rings (SSSR count). The van der Waals surface area contributed by atoms with Gasteiger partial charge in [0.2, 0.25) is 0 Å². The first-order valence-electron chi connectivity index (χ1n) is 8.59. The maximum atomic E-state index is 12.8. The molecular weight excluding hydrogens is 382 g/mol. The van der Waals surface area contributed by atoms with Crippen LogP contribution in [0.5, 0.6) is 0 Å². The monoisotopic (exact) mass is 399 g/mol. The Hall–Kier alpha value is -2.99. The number of ether oxygens (including phenoxy) is 1. The van der Waals surface area contributed by atoms with Crippen molar-refractivity contribution < 1.29 is 23.9 Å². The van der Waals surface area contributed by atoms with E-state index in [2.05, 4.69) is 0 Å². The molecule has 0 fully saturated rings. The smallest absolute Gasteiger partial charge is 0.338 e. The van der Waals surface area contributed by atoms with Gasteiger partial charge in [0.15, 0.2) is 12.4 Å². The zero-order chi connectivity index (χ0) is 20.6. The molecule has 0 aliphatic carbocycles. The fourth-order valence-corrected chi connectivity index (χ4v) is 2.87. The number of carbonyl (C=O) groups excluding carboxylic acids is 4. The number of hydrogen-bond donors (Lipinski definition) is 0. The Balaban J connectivity index is 1.85. The summed E-state index contributed by atoms with van der Waals surface area (Å²) in [5.41, 5.74) is -0.0117. The van der Waals surface area contributed by atoms with Crippen molar-refractivity contribution in [1.29, 1.82) is 0 Å². The minimum atomic E-state index is -0.739. The van der Waals surface area contributed by atoms with E-state index >= 15 is 0 Å². The van der Waals surface area contributed by atoms with Gasteiger partial charge in [-0.15, -0.1) is 0 Å². The normalized spacial score (nSPS) is 13.5. The Morgan fingerprint density at radius 2 is 1.64 bits per heavy atom.